The molecule has 1 aromatic carbocycles. The maximum absolute atomic E-state index is 11.4. The lowest BCUT2D eigenvalue weighted by Crippen LogP contribution is -2.22. The van der Waals surface area contributed by atoms with Crippen molar-refractivity contribution < 1.29 is 14.5 Å². The Morgan fingerprint density at radius 2 is 1.93 bits per heavy atom. The zero-order valence-electron chi connectivity index (χ0n) is 7.19. The molecule has 0 radical (unpaired) electrons. The number of hydrazine groups is 1. The Hall–Kier alpha value is -2.04. The summed E-state index contributed by atoms with van der Waals surface area (Å²) in [6, 6.07) is 6.53. The minimum atomic E-state index is -0.772. The summed E-state index contributed by atoms with van der Waals surface area (Å²) in [5.41, 5.74) is 3.06. The van der Waals surface area contributed by atoms with Gasteiger partial charge in [0.1, 0.15) is 12.1 Å². The van der Waals surface area contributed by atoms with Gasteiger partial charge in [0, 0.05) is 5.56 Å². The minimum absolute atomic E-state index is 0.0870. The van der Waals surface area contributed by atoms with Crippen molar-refractivity contribution in [3.8, 4) is 0 Å². The summed E-state index contributed by atoms with van der Waals surface area (Å²) in [7, 11) is 0. The Kier molecular flexibility index (Phi) is 1.85. The van der Waals surface area contributed by atoms with Crippen molar-refractivity contribution in [3.63, 3.8) is 0 Å². The molecule has 5 nitrogen and oxygen atoms in total. The molecule has 70 valence electrons. The van der Waals surface area contributed by atoms with Gasteiger partial charge in [0.05, 0.1) is 4.91 Å². The lowest BCUT2D eigenvalue weighted by Gasteiger charge is -1.97. The van der Waals surface area contributed by atoms with Crippen molar-refractivity contribution in [3.05, 3.63) is 34.7 Å². The number of nitrogens with one attached hydrogen (secondary N) is 1. The molecule has 0 bridgehead atoms. The molecule has 1 heterocycles. The second-order valence-corrected chi connectivity index (χ2v) is 2.95. The second kappa shape index (κ2) is 3.02. The van der Waals surface area contributed by atoms with Crippen LogP contribution in [0.25, 0.3) is 0 Å². The van der Waals surface area contributed by atoms with Crippen LogP contribution < -0.4 is 5.43 Å². The standard InChI is InChI=1S/C9H6N2O3/c12-8-5-9(13)11(14)10-7-4-2-1-3-6(7)8/h1-4H,5H2/p+1. The van der Waals surface area contributed by atoms with E-state index in [4.69, 9.17) is 0 Å². The molecule has 1 aliphatic heterocycles. The van der Waals surface area contributed by atoms with Gasteiger partial charge in [0.2, 0.25) is 4.87 Å². The van der Waals surface area contributed by atoms with Gasteiger partial charge in [0.15, 0.2) is 5.78 Å². The molecule has 0 spiro atoms. The van der Waals surface area contributed by atoms with Crippen molar-refractivity contribution >= 4 is 17.4 Å². The highest BCUT2D eigenvalue weighted by molar-refractivity contribution is 6.09. The topological polar surface area (TPSA) is 66.2 Å². The molecule has 14 heavy (non-hydrogen) atoms. The number of carbonyl (C=O) groups excluding carboxylic acids is 2. The van der Waals surface area contributed by atoms with Crippen LogP contribution in [0.15, 0.2) is 24.3 Å². The van der Waals surface area contributed by atoms with E-state index in [1.54, 1.807) is 24.3 Å². The third kappa shape index (κ3) is 1.28. The predicted molar refractivity (Wildman–Crippen MR) is 47.6 cm³/mol. The Bertz CT molecular complexity index is 439. The number of fused-ring (bicyclic) bond motifs is 1. The van der Waals surface area contributed by atoms with Crippen molar-refractivity contribution in [1.82, 2.24) is 0 Å². The molecule has 0 aromatic heterocycles. The number of benzene rings is 1. The van der Waals surface area contributed by atoms with Crippen LogP contribution in [0.1, 0.15) is 16.8 Å². The SMILES string of the molecule is O=C1CC(=O)[N+](=O)Nc2ccccc21. The van der Waals surface area contributed by atoms with E-state index in [1.807, 2.05) is 0 Å². The molecule has 0 fully saturated rings. The van der Waals surface area contributed by atoms with Crippen LogP contribution in [-0.4, -0.2) is 16.6 Å². The molecule has 0 saturated heterocycles. The lowest BCUT2D eigenvalue weighted by molar-refractivity contribution is -0.437. The molecule has 0 atom stereocenters. The van der Waals surface area contributed by atoms with Crippen LogP contribution in [0.2, 0.25) is 0 Å². The van der Waals surface area contributed by atoms with Crippen molar-refractivity contribution in [2.24, 2.45) is 0 Å². The van der Waals surface area contributed by atoms with Gasteiger partial charge in [0.25, 0.3) is 0 Å². The Morgan fingerprint density at radius 3 is 2.71 bits per heavy atom. The Labute approximate surface area is 79.3 Å². The van der Waals surface area contributed by atoms with Gasteiger partial charge in [-0.25, -0.2) is 4.79 Å². The van der Waals surface area contributed by atoms with Crippen LogP contribution in [0, 0.1) is 4.91 Å². The molecule has 1 aliphatic rings. The Morgan fingerprint density at radius 1 is 1.21 bits per heavy atom. The van der Waals surface area contributed by atoms with Gasteiger partial charge >= 0.3 is 5.91 Å². The number of hydrogen-bond donors (Lipinski definition) is 1. The summed E-state index contributed by atoms with van der Waals surface area (Å²) in [5, 5.41) is 0. The van der Waals surface area contributed by atoms with E-state index in [1.165, 1.54) is 0 Å². The molecule has 1 N–H and O–H groups in total. The van der Waals surface area contributed by atoms with E-state index in [9.17, 15) is 14.5 Å². The highest BCUT2D eigenvalue weighted by Crippen LogP contribution is 2.19. The monoisotopic (exact) mass is 191 g/mol. The highest BCUT2D eigenvalue weighted by atomic mass is 16.3. The van der Waals surface area contributed by atoms with Gasteiger partial charge < -0.3 is 0 Å². The number of rotatable bonds is 0. The summed E-state index contributed by atoms with van der Waals surface area (Å²) >= 11 is 0. The average molecular weight is 191 g/mol. The minimum Gasteiger partial charge on any atom is -0.293 e. The van der Waals surface area contributed by atoms with Crippen molar-refractivity contribution in [1.29, 1.82) is 0 Å². The summed E-state index contributed by atoms with van der Waals surface area (Å²) in [4.78, 5) is 33.6. The molecule has 1 aromatic rings. The predicted octanol–water partition coefficient (Wildman–Crippen LogP) is 0.905. The lowest BCUT2D eigenvalue weighted by atomic mass is 10.1. The first-order valence-corrected chi connectivity index (χ1v) is 4.07. The van der Waals surface area contributed by atoms with Gasteiger partial charge in [-0.15, -0.1) is 5.43 Å². The molecule has 5 heteroatoms. The van der Waals surface area contributed by atoms with Crippen LogP contribution in [0.3, 0.4) is 0 Å². The second-order valence-electron chi connectivity index (χ2n) is 2.95. The van der Waals surface area contributed by atoms with Gasteiger partial charge in [-0.1, -0.05) is 12.1 Å². The quantitative estimate of drug-likeness (QED) is 0.488. The van der Waals surface area contributed by atoms with E-state index in [0.717, 1.165) is 0 Å². The first kappa shape index (κ1) is 8.55. The molecular weight excluding hydrogens is 184 g/mol. The number of Topliss-reactive ketones (excluding diaryl/α,β-unsaturated/α-hetero) is 1. The summed E-state index contributed by atoms with van der Waals surface area (Å²) in [6.07, 6.45) is -0.381. The summed E-state index contributed by atoms with van der Waals surface area (Å²) < 4.78 is 0. The van der Waals surface area contributed by atoms with E-state index in [0.29, 0.717) is 11.3 Å². The maximum Gasteiger partial charge on any atom is 0.474 e. The molecule has 0 aliphatic carbocycles. The fourth-order valence-corrected chi connectivity index (χ4v) is 1.30. The zero-order chi connectivity index (χ0) is 10.1. The van der Waals surface area contributed by atoms with Gasteiger partial charge in [-0.2, -0.15) is 0 Å². The molecule has 1 amide bonds. The van der Waals surface area contributed by atoms with Crippen LogP contribution in [-0.2, 0) is 4.79 Å². The number of anilines is 1. The molecule has 2 rings (SSSR count). The first-order valence-electron chi connectivity index (χ1n) is 4.07. The number of nitroso groups, excluding NO2 is 1. The van der Waals surface area contributed by atoms with Crippen LogP contribution in [0.5, 0.6) is 0 Å². The van der Waals surface area contributed by atoms with E-state index in [-0.39, 0.29) is 17.1 Å². The van der Waals surface area contributed by atoms with E-state index >= 15 is 0 Å². The number of para-hydroxylation sites is 1. The highest BCUT2D eigenvalue weighted by Gasteiger charge is 2.32. The third-order valence-electron chi connectivity index (χ3n) is 1.99. The number of nitrogens with zero attached hydrogens (tertiary/aromatic N) is 1. The fraction of sp³-hybridized carbons (Fsp3) is 0.111. The third-order valence-corrected chi connectivity index (χ3v) is 1.99. The average Bonchev–Trinajstić information content (AvgIpc) is 2.27. The summed E-state index contributed by atoms with van der Waals surface area (Å²) in [5.74, 6) is -1.11. The largest absolute Gasteiger partial charge is 0.474 e. The number of ketones is 1. The van der Waals surface area contributed by atoms with Gasteiger partial charge in [-0.05, 0) is 12.1 Å². The number of amides is 1. The molecular formula is C9H7N2O3+. The summed E-state index contributed by atoms with van der Waals surface area (Å²) in [6.45, 7) is 0. The Balaban J connectivity index is 2.53. The normalized spacial score (nSPS) is 15.9. The maximum atomic E-state index is 11.4. The van der Waals surface area contributed by atoms with E-state index < -0.39 is 5.91 Å². The van der Waals surface area contributed by atoms with Crippen LogP contribution in [0.4, 0.5) is 5.69 Å². The van der Waals surface area contributed by atoms with Crippen LogP contribution >= 0.6 is 0 Å². The zero-order valence-corrected chi connectivity index (χ0v) is 7.19. The fourth-order valence-electron chi connectivity index (χ4n) is 1.30. The first-order chi connectivity index (χ1) is 6.68. The number of hydrogen-bond acceptors (Lipinski definition) is 3. The molecule has 0 saturated carbocycles. The molecule has 0 unspecified atom stereocenters. The number of carbonyl (C=O) groups is 2. The van der Waals surface area contributed by atoms with E-state index in [2.05, 4.69) is 5.43 Å². The van der Waals surface area contributed by atoms with Crippen molar-refractivity contribution in [2.75, 3.05) is 5.43 Å². The smallest absolute Gasteiger partial charge is 0.293 e. The van der Waals surface area contributed by atoms with Crippen molar-refractivity contribution in [2.45, 2.75) is 6.42 Å². The van der Waals surface area contributed by atoms with Gasteiger partial charge in [-0.3, -0.25) is 4.79 Å².